The summed E-state index contributed by atoms with van der Waals surface area (Å²) in [7, 11) is 0. The van der Waals surface area contributed by atoms with E-state index in [1.807, 2.05) is 6.20 Å². The summed E-state index contributed by atoms with van der Waals surface area (Å²) in [6.45, 7) is 9.55. The molecule has 0 aliphatic heterocycles. The van der Waals surface area contributed by atoms with E-state index in [0.717, 1.165) is 31.7 Å². The van der Waals surface area contributed by atoms with Crippen molar-refractivity contribution in [1.82, 2.24) is 20.3 Å². The van der Waals surface area contributed by atoms with Crippen molar-refractivity contribution in [2.24, 2.45) is 5.41 Å². The molecule has 0 spiro atoms. The Morgan fingerprint density at radius 1 is 1.30 bits per heavy atom. The molecule has 0 bridgehead atoms. The Balaban J connectivity index is 2.23. The Morgan fingerprint density at radius 3 is 2.80 bits per heavy atom. The van der Waals surface area contributed by atoms with E-state index >= 15 is 0 Å². The molecule has 0 saturated carbocycles. The van der Waals surface area contributed by atoms with E-state index in [4.69, 9.17) is 5.11 Å². The average Bonchev–Trinajstić information content (AvgIpc) is 2.84. The van der Waals surface area contributed by atoms with Crippen LogP contribution in [0.25, 0.3) is 0 Å². The minimum atomic E-state index is 0.194. The second-order valence-corrected chi connectivity index (χ2v) is 6.27. The van der Waals surface area contributed by atoms with Gasteiger partial charge in [0.2, 0.25) is 0 Å². The molecule has 20 heavy (non-hydrogen) atoms. The van der Waals surface area contributed by atoms with Gasteiger partial charge in [-0.05, 0) is 18.3 Å². The van der Waals surface area contributed by atoms with Gasteiger partial charge in [-0.25, -0.2) is 0 Å². The molecule has 0 aliphatic carbocycles. The van der Waals surface area contributed by atoms with Crippen LogP contribution >= 0.6 is 0 Å². The predicted molar refractivity (Wildman–Crippen MR) is 81.4 cm³/mol. The van der Waals surface area contributed by atoms with Gasteiger partial charge in [0.15, 0.2) is 0 Å². The van der Waals surface area contributed by atoms with Crippen LogP contribution in [0.5, 0.6) is 0 Å². The fourth-order valence-corrected chi connectivity index (χ4v) is 2.23. The van der Waals surface area contributed by atoms with Gasteiger partial charge in [0, 0.05) is 32.4 Å². The topological polar surface area (TPSA) is 63.0 Å². The van der Waals surface area contributed by atoms with Gasteiger partial charge in [0.25, 0.3) is 0 Å². The number of aliphatic hydroxyl groups excluding tert-OH is 1. The number of unbranched alkanes of at least 4 members (excludes halogenated alkanes) is 2. The smallest absolute Gasteiger partial charge is 0.0964 e. The first-order chi connectivity index (χ1) is 9.57. The van der Waals surface area contributed by atoms with Crippen LogP contribution in [0.15, 0.2) is 6.20 Å². The fourth-order valence-electron chi connectivity index (χ4n) is 2.23. The number of hydrogen-bond acceptors (Lipinski definition) is 4. The van der Waals surface area contributed by atoms with Gasteiger partial charge >= 0.3 is 0 Å². The van der Waals surface area contributed by atoms with Crippen molar-refractivity contribution in [2.75, 3.05) is 13.2 Å². The van der Waals surface area contributed by atoms with Crippen molar-refractivity contribution in [3.8, 4) is 0 Å². The zero-order valence-electron chi connectivity index (χ0n) is 13.2. The van der Waals surface area contributed by atoms with Crippen molar-refractivity contribution in [1.29, 1.82) is 0 Å². The maximum Gasteiger partial charge on any atom is 0.0964 e. The highest BCUT2D eigenvalue weighted by Gasteiger charge is 2.16. The summed E-state index contributed by atoms with van der Waals surface area (Å²) in [5.74, 6) is 0. The summed E-state index contributed by atoms with van der Waals surface area (Å²) >= 11 is 0. The van der Waals surface area contributed by atoms with Gasteiger partial charge in [0.05, 0.1) is 5.69 Å². The minimum absolute atomic E-state index is 0.194. The molecule has 0 unspecified atom stereocenters. The SMILES string of the molecule is CCCCCC(C)(C)CNCc1cn(CCCO)nn1. The van der Waals surface area contributed by atoms with Crippen molar-refractivity contribution in [3.63, 3.8) is 0 Å². The fraction of sp³-hybridized carbons (Fsp3) is 0.867. The minimum Gasteiger partial charge on any atom is -0.396 e. The van der Waals surface area contributed by atoms with Crippen LogP contribution in [0.4, 0.5) is 0 Å². The molecular formula is C15H30N4O. The third kappa shape index (κ3) is 7.01. The molecule has 0 aliphatic rings. The highest BCUT2D eigenvalue weighted by molar-refractivity contribution is 4.91. The second-order valence-electron chi connectivity index (χ2n) is 6.27. The van der Waals surface area contributed by atoms with E-state index in [1.165, 1.54) is 25.7 Å². The molecule has 1 aromatic rings. The molecule has 1 heterocycles. The lowest BCUT2D eigenvalue weighted by atomic mass is 9.87. The Hall–Kier alpha value is -0.940. The van der Waals surface area contributed by atoms with E-state index in [1.54, 1.807) is 4.68 Å². The Bertz CT molecular complexity index is 363. The van der Waals surface area contributed by atoms with Gasteiger partial charge < -0.3 is 10.4 Å². The van der Waals surface area contributed by atoms with E-state index in [2.05, 4.69) is 36.4 Å². The molecule has 0 saturated heterocycles. The highest BCUT2D eigenvalue weighted by Crippen LogP contribution is 2.22. The lowest BCUT2D eigenvalue weighted by Gasteiger charge is -2.24. The van der Waals surface area contributed by atoms with Crippen molar-refractivity contribution in [2.45, 2.75) is 66.0 Å². The molecule has 0 aromatic carbocycles. The Kier molecular flexibility index (Phi) is 7.77. The van der Waals surface area contributed by atoms with Gasteiger partial charge in [-0.3, -0.25) is 4.68 Å². The lowest BCUT2D eigenvalue weighted by Crippen LogP contribution is -2.29. The molecule has 5 heteroatoms. The van der Waals surface area contributed by atoms with E-state index < -0.39 is 0 Å². The standard InChI is InChI=1S/C15H30N4O/c1-4-5-6-8-15(2,3)13-16-11-14-12-19(18-17-14)9-7-10-20/h12,16,20H,4-11,13H2,1-3H3. The van der Waals surface area contributed by atoms with Crippen LogP contribution in [0.3, 0.4) is 0 Å². The van der Waals surface area contributed by atoms with Crippen LogP contribution in [0.1, 0.15) is 58.6 Å². The van der Waals surface area contributed by atoms with Crippen LogP contribution in [0.2, 0.25) is 0 Å². The summed E-state index contributed by atoms with van der Waals surface area (Å²) in [4.78, 5) is 0. The molecule has 5 nitrogen and oxygen atoms in total. The Morgan fingerprint density at radius 2 is 2.10 bits per heavy atom. The monoisotopic (exact) mass is 282 g/mol. The van der Waals surface area contributed by atoms with Gasteiger partial charge in [0.1, 0.15) is 0 Å². The average molecular weight is 282 g/mol. The van der Waals surface area contributed by atoms with Crippen molar-refractivity contribution < 1.29 is 5.11 Å². The number of nitrogens with one attached hydrogen (secondary N) is 1. The highest BCUT2D eigenvalue weighted by atomic mass is 16.3. The molecule has 0 fully saturated rings. The summed E-state index contributed by atoms with van der Waals surface area (Å²) in [6.07, 6.45) is 7.84. The molecule has 2 N–H and O–H groups in total. The summed E-state index contributed by atoms with van der Waals surface area (Å²) in [5, 5.41) is 20.4. The van der Waals surface area contributed by atoms with E-state index in [9.17, 15) is 0 Å². The van der Waals surface area contributed by atoms with Crippen molar-refractivity contribution in [3.05, 3.63) is 11.9 Å². The van der Waals surface area contributed by atoms with E-state index in [-0.39, 0.29) is 6.61 Å². The van der Waals surface area contributed by atoms with Crippen LogP contribution < -0.4 is 5.32 Å². The maximum absolute atomic E-state index is 8.78. The number of hydrogen-bond donors (Lipinski definition) is 2. The first kappa shape index (κ1) is 17.1. The molecule has 116 valence electrons. The number of aromatic nitrogens is 3. The zero-order chi connectivity index (χ0) is 14.8. The lowest BCUT2D eigenvalue weighted by molar-refractivity contribution is 0.276. The summed E-state index contributed by atoms with van der Waals surface area (Å²) < 4.78 is 1.79. The van der Waals surface area contributed by atoms with Crippen LogP contribution in [-0.2, 0) is 13.1 Å². The van der Waals surface area contributed by atoms with Gasteiger partial charge in [-0.2, -0.15) is 0 Å². The zero-order valence-corrected chi connectivity index (χ0v) is 13.2. The van der Waals surface area contributed by atoms with Crippen LogP contribution in [0, 0.1) is 5.41 Å². The predicted octanol–water partition coefficient (Wildman–Crippen LogP) is 2.36. The largest absolute Gasteiger partial charge is 0.396 e. The third-order valence-electron chi connectivity index (χ3n) is 3.50. The van der Waals surface area contributed by atoms with Gasteiger partial charge in [-0.15, -0.1) is 5.10 Å². The molecular weight excluding hydrogens is 252 g/mol. The van der Waals surface area contributed by atoms with Crippen molar-refractivity contribution >= 4 is 0 Å². The number of aryl methyl sites for hydroxylation is 1. The number of aliphatic hydroxyl groups is 1. The normalized spacial score (nSPS) is 12.0. The second kappa shape index (κ2) is 9.08. The summed E-state index contributed by atoms with van der Waals surface area (Å²) in [6, 6.07) is 0. The van der Waals surface area contributed by atoms with Gasteiger partial charge in [-0.1, -0.05) is 45.2 Å². The molecule has 0 atom stereocenters. The van der Waals surface area contributed by atoms with E-state index in [0.29, 0.717) is 5.41 Å². The molecule has 0 radical (unpaired) electrons. The first-order valence-electron chi connectivity index (χ1n) is 7.78. The Labute approximate surface area is 122 Å². The molecule has 1 rings (SSSR count). The third-order valence-corrected chi connectivity index (χ3v) is 3.50. The maximum atomic E-state index is 8.78. The summed E-state index contributed by atoms with van der Waals surface area (Å²) in [5.41, 5.74) is 1.30. The molecule has 1 aromatic heterocycles. The van der Waals surface area contributed by atoms with Crippen LogP contribution in [-0.4, -0.2) is 33.3 Å². The quantitative estimate of drug-likeness (QED) is 0.612. The first-order valence-corrected chi connectivity index (χ1v) is 7.78. The molecule has 0 amide bonds. The number of nitrogens with zero attached hydrogens (tertiary/aromatic N) is 3. The number of rotatable bonds is 11.